The topological polar surface area (TPSA) is 48.5 Å². The van der Waals surface area contributed by atoms with E-state index in [1.54, 1.807) is 6.20 Å². The third-order valence-corrected chi connectivity index (χ3v) is 6.11. The van der Waals surface area contributed by atoms with Gasteiger partial charge in [-0.25, -0.2) is 8.78 Å². The van der Waals surface area contributed by atoms with E-state index in [1.165, 1.54) is 5.56 Å². The number of anilines is 2. The number of pyridine rings is 1. The Bertz CT molecular complexity index is 1320. The molecule has 1 fully saturated rings. The summed E-state index contributed by atoms with van der Waals surface area (Å²) in [6.07, 6.45) is 1.60. The summed E-state index contributed by atoms with van der Waals surface area (Å²) in [6, 6.07) is 21.1. The van der Waals surface area contributed by atoms with E-state index in [1.807, 2.05) is 42.5 Å². The molecule has 0 atom stereocenters. The number of rotatable bonds is 5. The van der Waals surface area contributed by atoms with Crippen LogP contribution in [0.2, 0.25) is 0 Å². The van der Waals surface area contributed by atoms with Gasteiger partial charge in [-0.15, -0.1) is 0 Å². The first-order chi connectivity index (χ1) is 16.6. The summed E-state index contributed by atoms with van der Waals surface area (Å²) in [5.41, 5.74) is 3.24. The molecule has 1 amide bonds. The largest absolute Gasteiger partial charge is 0.367 e. The molecule has 1 aliphatic rings. The van der Waals surface area contributed by atoms with Crippen molar-refractivity contribution in [3.05, 3.63) is 102 Å². The Morgan fingerprint density at radius 2 is 1.65 bits per heavy atom. The van der Waals surface area contributed by atoms with Crippen molar-refractivity contribution >= 4 is 28.2 Å². The molecule has 1 aromatic heterocycles. The molecule has 3 aromatic carbocycles. The quantitative estimate of drug-likeness (QED) is 0.453. The number of nitrogens with zero attached hydrogens (tertiary/aromatic N) is 3. The van der Waals surface area contributed by atoms with E-state index >= 15 is 0 Å². The number of carbonyl (C=O) groups is 1. The van der Waals surface area contributed by atoms with E-state index in [4.69, 9.17) is 0 Å². The van der Waals surface area contributed by atoms with Gasteiger partial charge in [0, 0.05) is 44.2 Å². The van der Waals surface area contributed by atoms with Gasteiger partial charge in [0.25, 0.3) is 5.91 Å². The van der Waals surface area contributed by atoms with Crippen molar-refractivity contribution in [2.75, 3.05) is 36.4 Å². The number of hydrogen-bond acceptors (Lipinski definition) is 4. The first-order valence-corrected chi connectivity index (χ1v) is 11.2. The Kier molecular flexibility index (Phi) is 6.18. The summed E-state index contributed by atoms with van der Waals surface area (Å²) >= 11 is 0. The van der Waals surface area contributed by atoms with Crippen LogP contribution >= 0.6 is 0 Å². The zero-order valence-corrected chi connectivity index (χ0v) is 18.5. The Morgan fingerprint density at radius 1 is 0.912 bits per heavy atom. The first kappa shape index (κ1) is 22.0. The van der Waals surface area contributed by atoms with E-state index in [-0.39, 0.29) is 5.56 Å². The maximum atomic E-state index is 14.2. The van der Waals surface area contributed by atoms with Crippen LogP contribution in [0.1, 0.15) is 15.9 Å². The molecule has 0 unspecified atom stereocenters. The molecule has 0 aliphatic carbocycles. The fraction of sp³-hybridized carbons (Fsp3) is 0.185. The maximum absolute atomic E-state index is 14.2. The Labute approximate surface area is 196 Å². The van der Waals surface area contributed by atoms with Gasteiger partial charge in [0.1, 0.15) is 11.6 Å². The van der Waals surface area contributed by atoms with Crippen LogP contribution in [0.3, 0.4) is 0 Å². The molecule has 5 nitrogen and oxygen atoms in total. The van der Waals surface area contributed by atoms with E-state index in [9.17, 15) is 13.6 Å². The van der Waals surface area contributed by atoms with Crippen molar-refractivity contribution in [2.24, 2.45) is 0 Å². The number of nitrogens with one attached hydrogen (secondary N) is 1. The third kappa shape index (κ3) is 4.61. The number of benzene rings is 3. The SMILES string of the molecule is O=C(Nc1cnc2ccccc2c1N1CCN(Cc2ccccc2)CC1)c1ccc(F)cc1F. The van der Waals surface area contributed by atoms with Gasteiger partial charge in [-0.05, 0) is 23.8 Å². The van der Waals surface area contributed by atoms with Crippen molar-refractivity contribution in [2.45, 2.75) is 6.54 Å². The van der Waals surface area contributed by atoms with E-state index in [0.29, 0.717) is 11.8 Å². The molecule has 1 N–H and O–H groups in total. The predicted octanol–water partition coefficient (Wildman–Crippen LogP) is 5.09. The monoisotopic (exact) mass is 458 g/mol. The molecule has 34 heavy (non-hydrogen) atoms. The molecule has 2 heterocycles. The zero-order valence-electron chi connectivity index (χ0n) is 18.5. The Morgan fingerprint density at radius 3 is 2.41 bits per heavy atom. The average Bonchev–Trinajstić information content (AvgIpc) is 2.85. The molecule has 1 saturated heterocycles. The van der Waals surface area contributed by atoms with Gasteiger partial charge in [-0.2, -0.15) is 0 Å². The highest BCUT2D eigenvalue weighted by Gasteiger charge is 2.23. The highest BCUT2D eigenvalue weighted by molar-refractivity contribution is 6.09. The van der Waals surface area contributed by atoms with Crippen LogP contribution in [0.25, 0.3) is 10.9 Å². The standard InChI is InChI=1S/C27H24F2N4O/c28-20-10-11-21(23(29)16-20)27(34)31-25-17-30-24-9-5-4-8-22(24)26(25)33-14-12-32(13-15-33)18-19-6-2-1-3-7-19/h1-11,16-17H,12-15,18H2,(H,31,34). The van der Waals surface area contributed by atoms with Crippen molar-refractivity contribution in [1.29, 1.82) is 0 Å². The zero-order chi connectivity index (χ0) is 23.5. The van der Waals surface area contributed by atoms with E-state index in [2.05, 4.69) is 32.2 Å². The minimum atomic E-state index is -0.901. The van der Waals surface area contributed by atoms with Gasteiger partial charge in [0.15, 0.2) is 0 Å². The number of hydrogen-bond donors (Lipinski definition) is 1. The summed E-state index contributed by atoms with van der Waals surface area (Å²) in [4.78, 5) is 22.0. The molecule has 0 saturated carbocycles. The number of fused-ring (bicyclic) bond motifs is 1. The Balaban J connectivity index is 1.41. The van der Waals surface area contributed by atoms with Crippen LogP contribution in [0.15, 0.2) is 79.0 Å². The summed E-state index contributed by atoms with van der Waals surface area (Å²) in [5, 5.41) is 3.72. The van der Waals surface area contributed by atoms with Gasteiger partial charge in [0.2, 0.25) is 0 Å². The van der Waals surface area contributed by atoms with Crippen LogP contribution in [0.4, 0.5) is 20.2 Å². The van der Waals surface area contributed by atoms with Crippen LogP contribution in [-0.4, -0.2) is 42.0 Å². The van der Waals surface area contributed by atoms with Crippen molar-refractivity contribution < 1.29 is 13.6 Å². The molecule has 0 spiro atoms. The molecule has 0 radical (unpaired) electrons. The number of para-hydroxylation sites is 1. The molecule has 172 valence electrons. The lowest BCUT2D eigenvalue weighted by Gasteiger charge is -2.37. The van der Waals surface area contributed by atoms with Gasteiger partial charge in [0.05, 0.1) is 28.7 Å². The molecule has 5 rings (SSSR count). The van der Waals surface area contributed by atoms with Crippen molar-refractivity contribution in [3.8, 4) is 0 Å². The smallest absolute Gasteiger partial charge is 0.258 e. The lowest BCUT2D eigenvalue weighted by Crippen LogP contribution is -2.46. The second kappa shape index (κ2) is 9.57. The number of aromatic nitrogens is 1. The minimum Gasteiger partial charge on any atom is -0.367 e. The van der Waals surface area contributed by atoms with Crippen LogP contribution < -0.4 is 10.2 Å². The van der Waals surface area contributed by atoms with Gasteiger partial charge in [-0.1, -0.05) is 48.5 Å². The fourth-order valence-corrected chi connectivity index (χ4v) is 4.39. The minimum absolute atomic E-state index is 0.215. The number of halogens is 2. The summed E-state index contributed by atoms with van der Waals surface area (Å²) in [7, 11) is 0. The molecule has 1 aliphatic heterocycles. The number of amides is 1. The number of carbonyl (C=O) groups excluding carboxylic acids is 1. The summed E-state index contributed by atoms with van der Waals surface area (Å²) in [6.45, 7) is 4.17. The van der Waals surface area contributed by atoms with Crippen LogP contribution in [0, 0.1) is 11.6 Å². The van der Waals surface area contributed by atoms with E-state index < -0.39 is 17.5 Å². The molecule has 7 heteroatoms. The second-order valence-electron chi connectivity index (χ2n) is 8.36. The molecule has 4 aromatic rings. The van der Waals surface area contributed by atoms with Gasteiger partial charge >= 0.3 is 0 Å². The second-order valence-corrected chi connectivity index (χ2v) is 8.36. The highest BCUT2D eigenvalue weighted by atomic mass is 19.1. The molecule has 0 bridgehead atoms. The summed E-state index contributed by atoms with van der Waals surface area (Å²) in [5.74, 6) is -2.27. The lowest BCUT2D eigenvalue weighted by atomic mass is 10.1. The molecular weight excluding hydrogens is 434 g/mol. The van der Waals surface area contributed by atoms with E-state index in [0.717, 1.165) is 61.4 Å². The van der Waals surface area contributed by atoms with Gasteiger partial charge in [-0.3, -0.25) is 14.7 Å². The Hall–Kier alpha value is -3.84. The predicted molar refractivity (Wildman–Crippen MR) is 130 cm³/mol. The third-order valence-electron chi connectivity index (χ3n) is 6.11. The van der Waals surface area contributed by atoms with Gasteiger partial charge < -0.3 is 10.2 Å². The molecular formula is C27H24F2N4O. The normalized spacial score (nSPS) is 14.4. The average molecular weight is 459 g/mol. The highest BCUT2D eigenvalue weighted by Crippen LogP contribution is 2.34. The lowest BCUT2D eigenvalue weighted by molar-refractivity contribution is 0.102. The summed E-state index contributed by atoms with van der Waals surface area (Å²) < 4.78 is 27.5. The maximum Gasteiger partial charge on any atom is 0.258 e. The van der Waals surface area contributed by atoms with Crippen LogP contribution in [0.5, 0.6) is 0 Å². The fourth-order valence-electron chi connectivity index (χ4n) is 4.39. The number of piperazine rings is 1. The van der Waals surface area contributed by atoms with Crippen molar-refractivity contribution in [3.63, 3.8) is 0 Å². The van der Waals surface area contributed by atoms with Crippen molar-refractivity contribution in [1.82, 2.24) is 9.88 Å². The van der Waals surface area contributed by atoms with Crippen LogP contribution in [-0.2, 0) is 6.54 Å². The first-order valence-electron chi connectivity index (χ1n) is 11.2.